The number of rotatable bonds is 3. The number of carbonyl (C=O) groups is 2. The molecule has 0 bridgehead atoms. The third-order valence-electron chi connectivity index (χ3n) is 4.30. The molecule has 128 valence electrons. The molecular formula is C18H17N3O4. The average Bonchev–Trinajstić information content (AvgIpc) is 2.99. The maximum atomic E-state index is 12.5. The molecule has 0 fully saturated rings. The molecule has 2 aromatic rings. The standard InChI is InChI=1S/C18H17N3O4/c1-11-3-5-15(21(24)25)10-16(11)19-18(23)14-4-6-17-13(9-14)7-8-20(17)12(2)22/h3-6,9-10H,7-8H2,1-2H3,(H,19,23). The van der Waals surface area contributed by atoms with E-state index in [-0.39, 0.29) is 17.5 Å². The van der Waals surface area contributed by atoms with Crippen molar-refractivity contribution in [1.29, 1.82) is 0 Å². The van der Waals surface area contributed by atoms with Crippen LogP contribution in [-0.2, 0) is 11.2 Å². The van der Waals surface area contributed by atoms with Gasteiger partial charge < -0.3 is 10.2 Å². The molecule has 0 unspecified atom stereocenters. The summed E-state index contributed by atoms with van der Waals surface area (Å²) in [7, 11) is 0. The molecule has 2 amide bonds. The molecule has 0 saturated heterocycles. The number of nitrogens with zero attached hydrogens (tertiary/aromatic N) is 2. The van der Waals surface area contributed by atoms with Crippen molar-refractivity contribution in [1.82, 2.24) is 0 Å². The molecule has 0 spiro atoms. The molecule has 0 atom stereocenters. The van der Waals surface area contributed by atoms with Crippen molar-refractivity contribution in [2.24, 2.45) is 0 Å². The first-order valence-electron chi connectivity index (χ1n) is 7.84. The van der Waals surface area contributed by atoms with Crippen LogP contribution in [-0.4, -0.2) is 23.3 Å². The van der Waals surface area contributed by atoms with E-state index in [1.54, 1.807) is 36.1 Å². The maximum absolute atomic E-state index is 12.5. The van der Waals surface area contributed by atoms with Crippen molar-refractivity contribution in [2.45, 2.75) is 20.3 Å². The smallest absolute Gasteiger partial charge is 0.271 e. The Kier molecular flexibility index (Phi) is 4.22. The summed E-state index contributed by atoms with van der Waals surface area (Å²) in [5.41, 5.74) is 3.30. The van der Waals surface area contributed by atoms with Crippen LogP contribution in [0.2, 0.25) is 0 Å². The Hall–Kier alpha value is -3.22. The average molecular weight is 339 g/mol. The number of hydrogen-bond acceptors (Lipinski definition) is 4. The van der Waals surface area contributed by atoms with Gasteiger partial charge in [0, 0.05) is 36.9 Å². The summed E-state index contributed by atoms with van der Waals surface area (Å²) < 4.78 is 0. The number of nitrogens with one attached hydrogen (secondary N) is 1. The van der Waals surface area contributed by atoms with Crippen molar-refractivity contribution in [3.63, 3.8) is 0 Å². The van der Waals surface area contributed by atoms with Crippen molar-refractivity contribution < 1.29 is 14.5 Å². The van der Waals surface area contributed by atoms with Crippen molar-refractivity contribution >= 4 is 28.9 Å². The summed E-state index contributed by atoms with van der Waals surface area (Å²) in [4.78, 5) is 36.2. The highest BCUT2D eigenvalue weighted by Crippen LogP contribution is 2.29. The predicted octanol–water partition coefficient (Wildman–Crippen LogP) is 3.06. The largest absolute Gasteiger partial charge is 0.321 e. The van der Waals surface area contributed by atoms with Crippen LogP contribution < -0.4 is 10.2 Å². The molecule has 1 heterocycles. The molecule has 1 aliphatic heterocycles. The Morgan fingerprint density at radius 2 is 1.96 bits per heavy atom. The van der Waals surface area contributed by atoms with E-state index in [0.29, 0.717) is 24.2 Å². The second-order valence-electron chi connectivity index (χ2n) is 5.97. The third kappa shape index (κ3) is 3.21. The van der Waals surface area contributed by atoms with Gasteiger partial charge in [-0.15, -0.1) is 0 Å². The highest BCUT2D eigenvalue weighted by atomic mass is 16.6. The molecular weight excluding hydrogens is 322 g/mol. The van der Waals surface area contributed by atoms with E-state index >= 15 is 0 Å². The number of nitro benzene ring substituents is 1. The van der Waals surface area contributed by atoms with Crippen LogP contribution in [0.15, 0.2) is 36.4 Å². The summed E-state index contributed by atoms with van der Waals surface area (Å²) in [5.74, 6) is -0.365. The quantitative estimate of drug-likeness (QED) is 0.687. The number of hydrogen-bond donors (Lipinski definition) is 1. The first kappa shape index (κ1) is 16.6. The number of amides is 2. The molecule has 7 heteroatoms. The monoisotopic (exact) mass is 339 g/mol. The third-order valence-corrected chi connectivity index (χ3v) is 4.30. The number of fused-ring (bicyclic) bond motifs is 1. The van der Waals surface area contributed by atoms with Crippen LogP contribution in [0, 0.1) is 17.0 Å². The van der Waals surface area contributed by atoms with E-state index in [1.165, 1.54) is 19.1 Å². The summed E-state index contributed by atoms with van der Waals surface area (Å²) in [6, 6.07) is 9.53. The Morgan fingerprint density at radius 3 is 2.64 bits per heavy atom. The van der Waals surface area contributed by atoms with Gasteiger partial charge in [0.05, 0.1) is 10.6 Å². The zero-order valence-electron chi connectivity index (χ0n) is 13.9. The van der Waals surface area contributed by atoms with Gasteiger partial charge in [-0.25, -0.2) is 0 Å². The number of anilines is 2. The van der Waals surface area contributed by atoms with Crippen LogP contribution >= 0.6 is 0 Å². The van der Waals surface area contributed by atoms with Gasteiger partial charge >= 0.3 is 0 Å². The summed E-state index contributed by atoms with van der Waals surface area (Å²) in [6.07, 6.45) is 0.700. The predicted molar refractivity (Wildman–Crippen MR) is 94.0 cm³/mol. The van der Waals surface area contributed by atoms with Gasteiger partial charge in [-0.05, 0) is 42.7 Å². The first-order valence-corrected chi connectivity index (χ1v) is 7.84. The zero-order chi connectivity index (χ0) is 18.1. The topological polar surface area (TPSA) is 92.6 Å². The zero-order valence-corrected chi connectivity index (χ0v) is 13.9. The molecule has 0 aromatic heterocycles. The number of carbonyl (C=O) groups excluding carboxylic acids is 2. The lowest BCUT2D eigenvalue weighted by atomic mass is 10.1. The fraction of sp³-hybridized carbons (Fsp3) is 0.222. The van der Waals surface area contributed by atoms with Crippen LogP contribution in [0.5, 0.6) is 0 Å². The Morgan fingerprint density at radius 1 is 1.20 bits per heavy atom. The van der Waals surface area contributed by atoms with E-state index in [1.807, 2.05) is 0 Å². The molecule has 25 heavy (non-hydrogen) atoms. The number of aryl methyl sites for hydroxylation is 1. The van der Waals surface area contributed by atoms with E-state index in [4.69, 9.17) is 0 Å². The van der Waals surface area contributed by atoms with Crippen LogP contribution in [0.1, 0.15) is 28.4 Å². The minimum absolute atomic E-state index is 0.0248. The fourth-order valence-electron chi connectivity index (χ4n) is 2.92. The lowest BCUT2D eigenvalue weighted by Crippen LogP contribution is -2.25. The number of benzene rings is 2. The van der Waals surface area contributed by atoms with E-state index in [9.17, 15) is 19.7 Å². The summed E-state index contributed by atoms with van der Waals surface area (Å²) >= 11 is 0. The van der Waals surface area contributed by atoms with Crippen LogP contribution in [0.4, 0.5) is 17.1 Å². The lowest BCUT2D eigenvalue weighted by molar-refractivity contribution is -0.384. The molecule has 3 rings (SSSR count). The lowest BCUT2D eigenvalue weighted by Gasteiger charge is -2.15. The SMILES string of the molecule is CC(=O)N1CCc2cc(C(=O)Nc3cc([N+](=O)[O-])ccc3C)ccc21. The van der Waals surface area contributed by atoms with Gasteiger partial charge in [-0.2, -0.15) is 0 Å². The van der Waals surface area contributed by atoms with Gasteiger partial charge in [0.25, 0.3) is 11.6 Å². The van der Waals surface area contributed by atoms with Gasteiger partial charge in [0.2, 0.25) is 5.91 Å². The second-order valence-corrected chi connectivity index (χ2v) is 5.97. The molecule has 1 N–H and O–H groups in total. The first-order chi connectivity index (χ1) is 11.9. The summed E-state index contributed by atoms with van der Waals surface area (Å²) in [6.45, 7) is 3.90. The van der Waals surface area contributed by atoms with E-state index < -0.39 is 4.92 Å². The van der Waals surface area contributed by atoms with Gasteiger partial charge in [0.1, 0.15) is 0 Å². The van der Waals surface area contributed by atoms with Gasteiger partial charge in [0.15, 0.2) is 0 Å². The minimum atomic E-state index is -0.499. The molecule has 0 saturated carbocycles. The minimum Gasteiger partial charge on any atom is -0.321 e. The van der Waals surface area contributed by atoms with Crippen LogP contribution in [0.25, 0.3) is 0 Å². The highest BCUT2D eigenvalue weighted by Gasteiger charge is 2.23. The van der Waals surface area contributed by atoms with Crippen molar-refractivity contribution in [3.8, 4) is 0 Å². The molecule has 1 aliphatic rings. The van der Waals surface area contributed by atoms with Gasteiger partial charge in [-0.3, -0.25) is 19.7 Å². The Balaban J connectivity index is 1.85. The number of non-ortho nitro benzene ring substituents is 1. The Bertz CT molecular complexity index is 892. The maximum Gasteiger partial charge on any atom is 0.271 e. The van der Waals surface area contributed by atoms with Crippen LogP contribution in [0.3, 0.4) is 0 Å². The molecule has 7 nitrogen and oxygen atoms in total. The van der Waals surface area contributed by atoms with E-state index in [0.717, 1.165) is 16.8 Å². The molecule has 0 aliphatic carbocycles. The molecule has 0 radical (unpaired) electrons. The fourth-order valence-corrected chi connectivity index (χ4v) is 2.92. The molecule has 2 aromatic carbocycles. The highest BCUT2D eigenvalue weighted by molar-refractivity contribution is 6.05. The second kappa shape index (κ2) is 6.35. The van der Waals surface area contributed by atoms with Gasteiger partial charge in [-0.1, -0.05) is 6.07 Å². The Labute approximate surface area is 144 Å². The van der Waals surface area contributed by atoms with Crippen molar-refractivity contribution in [2.75, 3.05) is 16.8 Å². The summed E-state index contributed by atoms with van der Waals surface area (Å²) in [5, 5.41) is 13.6. The number of nitro groups is 1. The van der Waals surface area contributed by atoms with Crippen molar-refractivity contribution in [3.05, 3.63) is 63.2 Å². The normalized spacial score (nSPS) is 12.6. The van der Waals surface area contributed by atoms with E-state index in [2.05, 4.69) is 5.32 Å².